The molecular formula is C23H17ClN4S. The van der Waals surface area contributed by atoms with Gasteiger partial charge in [-0.2, -0.15) is 5.26 Å². The molecule has 0 bridgehead atoms. The number of nitrogens with zero attached hydrogens (tertiary/aromatic N) is 4. The summed E-state index contributed by atoms with van der Waals surface area (Å²) in [5, 5.41) is 19.6. The Labute approximate surface area is 178 Å². The molecule has 3 aromatic carbocycles. The average Bonchev–Trinajstić information content (AvgIpc) is 3.17. The zero-order valence-corrected chi connectivity index (χ0v) is 17.3. The van der Waals surface area contributed by atoms with Crippen LogP contribution in [0.25, 0.3) is 17.1 Å². The molecule has 0 aliphatic carbocycles. The summed E-state index contributed by atoms with van der Waals surface area (Å²) in [5.74, 6) is 1.46. The first-order valence-corrected chi connectivity index (χ1v) is 10.4. The smallest absolute Gasteiger partial charge is 0.196 e. The van der Waals surface area contributed by atoms with Crippen LogP contribution in [0.3, 0.4) is 0 Å². The minimum absolute atomic E-state index is 0.658. The van der Waals surface area contributed by atoms with Gasteiger partial charge in [0.15, 0.2) is 11.0 Å². The number of benzene rings is 3. The van der Waals surface area contributed by atoms with Gasteiger partial charge in [0.2, 0.25) is 0 Å². The van der Waals surface area contributed by atoms with Gasteiger partial charge in [-0.1, -0.05) is 53.7 Å². The zero-order valence-electron chi connectivity index (χ0n) is 15.7. The Morgan fingerprint density at radius 2 is 1.79 bits per heavy atom. The van der Waals surface area contributed by atoms with E-state index in [4.69, 9.17) is 16.9 Å². The molecule has 0 N–H and O–H groups in total. The highest BCUT2D eigenvalue weighted by molar-refractivity contribution is 7.98. The average molecular weight is 417 g/mol. The summed E-state index contributed by atoms with van der Waals surface area (Å²) >= 11 is 7.65. The summed E-state index contributed by atoms with van der Waals surface area (Å²) in [5.41, 5.74) is 4.85. The van der Waals surface area contributed by atoms with Gasteiger partial charge in [0.25, 0.3) is 0 Å². The molecule has 4 aromatic rings. The van der Waals surface area contributed by atoms with Crippen LogP contribution in [0.15, 0.2) is 78.0 Å². The molecule has 142 valence electrons. The van der Waals surface area contributed by atoms with Crippen molar-refractivity contribution in [3.05, 3.63) is 94.5 Å². The van der Waals surface area contributed by atoms with Gasteiger partial charge in [-0.25, -0.2) is 0 Å². The lowest BCUT2D eigenvalue weighted by Crippen LogP contribution is -2.02. The van der Waals surface area contributed by atoms with Gasteiger partial charge in [0.05, 0.1) is 17.3 Å². The lowest BCUT2D eigenvalue weighted by atomic mass is 10.1. The van der Waals surface area contributed by atoms with Crippen LogP contribution >= 0.6 is 23.4 Å². The number of halogens is 1. The largest absolute Gasteiger partial charge is 0.270 e. The number of rotatable bonds is 5. The predicted molar refractivity (Wildman–Crippen MR) is 117 cm³/mol. The van der Waals surface area contributed by atoms with Gasteiger partial charge in [0.1, 0.15) is 0 Å². The second kappa shape index (κ2) is 8.52. The van der Waals surface area contributed by atoms with E-state index >= 15 is 0 Å². The number of hydrogen-bond acceptors (Lipinski definition) is 4. The van der Waals surface area contributed by atoms with Crippen molar-refractivity contribution in [2.75, 3.05) is 0 Å². The summed E-state index contributed by atoms with van der Waals surface area (Å²) in [6.07, 6.45) is 0. The van der Waals surface area contributed by atoms with E-state index in [2.05, 4.69) is 39.9 Å². The van der Waals surface area contributed by atoms with E-state index in [-0.39, 0.29) is 0 Å². The maximum Gasteiger partial charge on any atom is 0.196 e. The van der Waals surface area contributed by atoms with Gasteiger partial charge in [0, 0.05) is 16.3 Å². The van der Waals surface area contributed by atoms with Crippen LogP contribution in [0.4, 0.5) is 0 Å². The van der Waals surface area contributed by atoms with Crippen molar-refractivity contribution in [3.8, 4) is 23.1 Å². The Balaban J connectivity index is 1.75. The molecule has 0 aliphatic rings. The Morgan fingerprint density at radius 3 is 2.55 bits per heavy atom. The van der Waals surface area contributed by atoms with Crippen LogP contribution in [0.5, 0.6) is 0 Å². The Morgan fingerprint density at radius 1 is 1.00 bits per heavy atom. The fourth-order valence-electron chi connectivity index (χ4n) is 3.06. The maximum atomic E-state index is 9.13. The number of para-hydroxylation sites is 1. The fraction of sp³-hybridized carbons (Fsp3) is 0.0870. The van der Waals surface area contributed by atoms with Crippen LogP contribution in [0, 0.1) is 18.3 Å². The van der Waals surface area contributed by atoms with Crippen molar-refractivity contribution in [3.63, 3.8) is 0 Å². The van der Waals surface area contributed by atoms with Gasteiger partial charge in [-0.05, 0) is 60.5 Å². The second-order valence-corrected chi connectivity index (χ2v) is 7.91. The molecule has 0 spiro atoms. The molecule has 0 aliphatic heterocycles. The highest BCUT2D eigenvalue weighted by atomic mass is 35.5. The van der Waals surface area contributed by atoms with Gasteiger partial charge in [-0.15, -0.1) is 10.2 Å². The summed E-state index contributed by atoms with van der Waals surface area (Å²) in [7, 11) is 0. The molecule has 0 amide bonds. The SMILES string of the molecule is Cc1ccccc1-n1c(SCc2cccc(C#N)c2)nnc1-c1ccc(Cl)cc1. The molecule has 0 radical (unpaired) electrons. The number of aryl methyl sites for hydroxylation is 1. The predicted octanol–water partition coefficient (Wildman–Crippen LogP) is 6.06. The highest BCUT2D eigenvalue weighted by Crippen LogP contribution is 2.31. The molecule has 4 nitrogen and oxygen atoms in total. The van der Waals surface area contributed by atoms with E-state index < -0.39 is 0 Å². The first-order valence-electron chi connectivity index (χ1n) is 9.05. The Hall–Kier alpha value is -3.07. The van der Waals surface area contributed by atoms with Crippen LogP contribution in [0.2, 0.25) is 5.02 Å². The molecular weight excluding hydrogens is 400 g/mol. The third-order valence-electron chi connectivity index (χ3n) is 4.52. The van der Waals surface area contributed by atoms with Crippen molar-refractivity contribution in [1.82, 2.24) is 14.8 Å². The van der Waals surface area contributed by atoms with Crippen molar-refractivity contribution in [1.29, 1.82) is 5.26 Å². The molecule has 4 rings (SSSR count). The van der Waals surface area contributed by atoms with Crippen LogP contribution in [-0.4, -0.2) is 14.8 Å². The van der Waals surface area contributed by atoms with E-state index in [0.29, 0.717) is 16.3 Å². The lowest BCUT2D eigenvalue weighted by molar-refractivity contribution is 0.880. The van der Waals surface area contributed by atoms with E-state index in [1.54, 1.807) is 11.8 Å². The van der Waals surface area contributed by atoms with Gasteiger partial charge >= 0.3 is 0 Å². The quantitative estimate of drug-likeness (QED) is 0.371. The molecule has 1 heterocycles. The van der Waals surface area contributed by atoms with Gasteiger partial charge < -0.3 is 0 Å². The zero-order chi connectivity index (χ0) is 20.2. The van der Waals surface area contributed by atoms with Crippen LogP contribution in [-0.2, 0) is 5.75 Å². The second-order valence-electron chi connectivity index (χ2n) is 6.54. The maximum absolute atomic E-state index is 9.13. The first kappa shape index (κ1) is 19.3. The molecule has 0 atom stereocenters. The topological polar surface area (TPSA) is 54.5 Å². The van der Waals surface area contributed by atoms with Crippen molar-refractivity contribution in [2.45, 2.75) is 17.8 Å². The van der Waals surface area contributed by atoms with E-state index in [1.807, 2.05) is 60.7 Å². The molecule has 29 heavy (non-hydrogen) atoms. The molecule has 0 saturated heterocycles. The van der Waals surface area contributed by atoms with Crippen LogP contribution < -0.4 is 0 Å². The standard InChI is InChI=1S/C23H17ClN4S/c1-16-5-2-3-8-21(16)28-22(19-9-11-20(24)12-10-19)26-27-23(28)29-15-18-7-4-6-17(13-18)14-25/h2-13H,15H2,1H3. The van der Waals surface area contributed by atoms with Crippen molar-refractivity contribution in [2.24, 2.45) is 0 Å². The molecule has 6 heteroatoms. The molecule has 0 unspecified atom stereocenters. The molecule has 0 fully saturated rings. The minimum atomic E-state index is 0.658. The summed E-state index contributed by atoms with van der Waals surface area (Å²) < 4.78 is 2.08. The number of aromatic nitrogens is 3. The summed E-state index contributed by atoms with van der Waals surface area (Å²) in [4.78, 5) is 0. The van der Waals surface area contributed by atoms with E-state index in [0.717, 1.165) is 33.4 Å². The number of thioether (sulfide) groups is 1. The van der Waals surface area contributed by atoms with Crippen LogP contribution in [0.1, 0.15) is 16.7 Å². The van der Waals surface area contributed by atoms with Gasteiger partial charge in [-0.3, -0.25) is 4.57 Å². The highest BCUT2D eigenvalue weighted by Gasteiger charge is 2.17. The van der Waals surface area contributed by atoms with E-state index in [1.165, 1.54) is 0 Å². The van der Waals surface area contributed by atoms with Crippen molar-refractivity contribution < 1.29 is 0 Å². The van der Waals surface area contributed by atoms with E-state index in [9.17, 15) is 0 Å². The first-order chi connectivity index (χ1) is 14.2. The number of nitriles is 1. The monoisotopic (exact) mass is 416 g/mol. The number of hydrogen-bond donors (Lipinski definition) is 0. The Bertz CT molecular complexity index is 1190. The van der Waals surface area contributed by atoms with Crippen molar-refractivity contribution >= 4 is 23.4 Å². The minimum Gasteiger partial charge on any atom is -0.270 e. The lowest BCUT2D eigenvalue weighted by Gasteiger charge is -2.13. The summed E-state index contributed by atoms with van der Waals surface area (Å²) in [6, 6.07) is 25.6. The molecule has 1 aromatic heterocycles. The Kier molecular flexibility index (Phi) is 5.66. The third-order valence-corrected chi connectivity index (χ3v) is 5.77. The third kappa shape index (κ3) is 4.19. The summed E-state index contributed by atoms with van der Waals surface area (Å²) in [6.45, 7) is 2.08. The normalized spacial score (nSPS) is 10.7. The molecule has 0 saturated carbocycles. The fourth-order valence-corrected chi connectivity index (χ4v) is 4.07.